The quantitative estimate of drug-likeness (QED) is 0.0741. The maximum atomic E-state index is 15.3. The number of rotatable bonds is 11. The van der Waals surface area contributed by atoms with Gasteiger partial charge in [-0.25, -0.2) is 4.39 Å². The highest BCUT2D eigenvalue weighted by molar-refractivity contribution is 6.06. The van der Waals surface area contributed by atoms with Crippen LogP contribution in [-0.4, -0.2) is 67.3 Å². The molecule has 0 saturated heterocycles. The van der Waals surface area contributed by atoms with Crippen molar-refractivity contribution in [2.24, 2.45) is 0 Å². The van der Waals surface area contributed by atoms with E-state index in [1.807, 2.05) is 67.5 Å². The number of ether oxygens (including phenoxy) is 2. The number of aromatic hydroxyl groups is 1. The molecule has 6 aromatic rings. The predicted molar refractivity (Wildman–Crippen MR) is 245 cm³/mol. The monoisotopic (exact) mass is 911 g/mol. The number of hydrogen-bond acceptors (Lipinski definition) is 9. The number of H-pyrrole nitrogens is 1. The summed E-state index contributed by atoms with van der Waals surface area (Å²) in [5, 5.41) is 43.8. The Morgan fingerprint density at radius 3 is 2.18 bits per heavy atom. The number of nitrogens with zero attached hydrogens (tertiary/aromatic N) is 1. The van der Waals surface area contributed by atoms with Crippen molar-refractivity contribution in [1.29, 1.82) is 0 Å². The number of pyridine rings is 1. The minimum atomic E-state index is -3.76. The first-order valence-electron chi connectivity index (χ1n) is 21.7. The van der Waals surface area contributed by atoms with Crippen molar-refractivity contribution >= 4 is 39.2 Å². The molecule has 15 heteroatoms. The number of halogens is 3. The number of aromatic nitrogens is 2. The molecule has 3 heterocycles. The molecule has 0 bridgehead atoms. The van der Waals surface area contributed by atoms with E-state index in [0.29, 0.717) is 51.6 Å². The number of aliphatic hydroxyl groups excluding tert-OH is 3. The predicted octanol–water partition coefficient (Wildman–Crippen LogP) is 8.65. The summed E-state index contributed by atoms with van der Waals surface area (Å²) >= 11 is 0. The fraction of sp³-hybridized carbons (Fsp3) is 0.392. The molecular formula is C51H56F3N3O9. The summed E-state index contributed by atoms with van der Waals surface area (Å²) in [6.07, 6.45) is -2.58. The lowest BCUT2D eigenvalue weighted by Crippen LogP contribution is -2.29. The number of fused-ring (bicyclic) bond motifs is 3. The Morgan fingerprint density at radius 2 is 1.55 bits per heavy atom. The van der Waals surface area contributed by atoms with E-state index < -0.39 is 41.6 Å². The number of Topliss-reactive ketones (excluding diaryl/α,β-unsaturated/α-hetero) is 1. The summed E-state index contributed by atoms with van der Waals surface area (Å²) in [4.78, 5) is 42.1. The average molecular weight is 912 g/mol. The Hall–Kier alpha value is -6.16. The van der Waals surface area contributed by atoms with Gasteiger partial charge >= 0.3 is 6.29 Å². The average Bonchev–Trinajstić information content (AvgIpc) is 3.89. The summed E-state index contributed by atoms with van der Waals surface area (Å²) in [7, 11) is 0. The molecule has 1 amide bonds. The molecule has 8 rings (SSSR count). The molecule has 1 aliphatic heterocycles. The zero-order valence-electron chi connectivity index (χ0n) is 38.2. The highest BCUT2D eigenvalue weighted by atomic mass is 19.3. The van der Waals surface area contributed by atoms with Crippen LogP contribution in [0.2, 0.25) is 0 Å². The van der Waals surface area contributed by atoms with Crippen LogP contribution < -0.4 is 20.2 Å². The van der Waals surface area contributed by atoms with E-state index in [4.69, 9.17) is 0 Å². The van der Waals surface area contributed by atoms with E-state index in [9.17, 15) is 43.6 Å². The number of para-hydroxylation sites is 1. The third-order valence-corrected chi connectivity index (χ3v) is 12.4. The minimum absolute atomic E-state index is 0.00273. The molecule has 2 aliphatic rings. The van der Waals surface area contributed by atoms with Gasteiger partial charge in [0.25, 0.3) is 5.91 Å². The van der Waals surface area contributed by atoms with Crippen molar-refractivity contribution in [3.63, 3.8) is 0 Å². The van der Waals surface area contributed by atoms with Gasteiger partial charge in [-0.05, 0) is 94.5 Å². The number of anilines is 1. The number of carbonyl (C=O) groups is 2. The smallest absolute Gasteiger partial charge is 0.508 e. The van der Waals surface area contributed by atoms with Crippen LogP contribution >= 0.6 is 0 Å². The lowest BCUT2D eigenvalue weighted by Gasteiger charge is -2.28. The van der Waals surface area contributed by atoms with Crippen molar-refractivity contribution in [3.8, 4) is 17.2 Å². The Morgan fingerprint density at radius 1 is 0.879 bits per heavy atom. The Bertz CT molecular complexity index is 2920. The fourth-order valence-corrected chi connectivity index (χ4v) is 8.45. The van der Waals surface area contributed by atoms with Crippen LogP contribution in [0.1, 0.15) is 107 Å². The lowest BCUT2D eigenvalue weighted by atomic mass is 9.79. The summed E-state index contributed by atoms with van der Waals surface area (Å²) in [5.74, 6) is -1.47. The van der Waals surface area contributed by atoms with Crippen molar-refractivity contribution in [2.45, 2.75) is 115 Å². The number of aromatic amines is 1. The van der Waals surface area contributed by atoms with Crippen LogP contribution in [0.4, 0.5) is 18.9 Å². The van der Waals surface area contributed by atoms with Gasteiger partial charge in [-0.1, -0.05) is 73.6 Å². The third-order valence-electron chi connectivity index (χ3n) is 12.4. The molecule has 0 unspecified atom stereocenters. The minimum Gasteiger partial charge on any atom is -0.508 e. The van der Waals surface area contributed by atoms with E-state index in [1.54, 1.807) is 47.0 Å². The van der Waals surface area contributed by atoms with Crippen LogP contribution in [-0.2, 0) is 39.4 Å². The van der Waals surface area contributed by atoms with Crippen molar-refractivity contribution in [2.75, 3.05) is 18.5 Å². The van der Waals surface area contributed by atoms with Gasteiger partial charge in [0, 0.05) is 51.8 Å². The second-order valence-corrected chi connectivity index (χ2v) is 20.0. The second kappa shape index (κ2) is 17.2. The molecule has 66 heavy (non-hydrogen) atoms. The van der Waals surface area contributed by atoms with Crippen LogP contribution in [0.15, 0.2) is 83.8 Å². The molecule has 12 nitrogen and oxygen atoms in total. The summed E-state index contributed by atoms with van der Waals surface area (Å²) in [5.41, 5.74) is 2.27. The van der Waals surface area contributed by atoms with E-state index in [2.05, 4.69) is 19.8 Å². The molecule has 4 aromatic carbocycles. The van der Waals surface area contributed by atoms with Gasteiger partial charge in [0.1, 0.15) is 22.9 Å². The number of ketones is 1. The summed E-state index contributed by atoms with van der Waals surface area (Å²) < 4.78 is 52.8. The maximum Gasteiger partial charge on any atom is 0.586 e. The number of phenolic OH excluding ortho intramolecular Hbond substituents is 1. The van der Waals surface area contributed by atoms with Crippen LogP contribution in [0.5, 0.6) is 17.2 Å². The van der Waals surface area contributed by atoms with Crippen LogP contribution in [0.25, 0.3) is 21.8 Å². The highest BCUT2D eigenvalue weighted by Crippen LogP contribution is 2.53. The number of alkyl halides is 2. The molecule has 350 valence electrons. The third kappa shape index (κ3) is 9.42. The number of hydrogen-bond donors (Lipinski definition) is 6. The standard InChI is InChI=1S/C27H28F3NO6.C24H28N2O3/c1-25(2,14-33)23-8-16-7-15(19(28)11-20(16)31(23)12-18(34)13-32)9-24(35)26(5-6-26)17-3-4-21-22(10-17)37-27(29,30)36-21;1-23(2,3)16-11-17(24(4,5)6)20(27)12-19(16)26-22(29)15-13-25-18-10-8-7-9-14(18)21(15)28/h3-4,7-8,10-11,18,32-34H,5-6,9,12-14H2,1-2H3;7-13,27H,1-6H3,(H,25,28)(H,26,29)/t18-;/m1./s1. The van der Waals surface area contributed by atoms with E-state index in [-0.39, 0.29) is 70.0 Å². The zero-order chi connectivity index (χ0) is 48.3. The van der Waals surface area contributed by atoms with Crippen LogP contribution in [0, 0.1) is 5.82 Å². The van der Waals surface area contributed by atoms with E-state index in [0.717, 1.165) is 11.1 Å². The number of benzene rings is 4. The summed E-state index contributed by atoms with van der Waals surface area (Å²) in [6.45, 7) is 15.2. The first kappa shape index (κ1) is 47.8. The topological polar surface area (TPSA) is 183 Å². The maximum absolute atomic E-state index is 15.3. The lowest BCUT2D eigenvalue weighted by molar-refractivity contribution is -0.286. The molecule has 1 atom stereocenters. The van der Waals surface area contributed by atoms with Gasteiger partial charge in [0.15, 0.2) is 11.5 Å². The van der Waals surface area contributed by atoms with Gasteiger partial charge in [0.05, 0.1) is 36.8 Å². The van der Waals surface area contributed by atoms with Gasteiger partial charge in [-0.2, -0.15) is 0 Å². The number of nitrogens with one attached hydrogen (secondary N) is 2. The first-order valence-corrected chi connectivity index (χ1v) is 21.7. The number of carbonyl (C=O) groups excluding carboxylic acids is 2. The molecule has 0 spiro atoms. The molecule has 0 radical (unpaired) electrons. The van der Waals surface area contributed by atoms with Gasteiger partial charge in [-0.3, -0.25) is 14.4 Å². The van der Waals surface area contributed by atoms with Crippen LogP contribution in [0.3, 0.4) is 0 Å². The highest BCUT2D eigenvalue weighted by Gasteiger charge is 2.52. The zero-order valence-corrected chi connectivity index (χ0v) is 38.2. The molecule has 2 aromatic heterocycles. The Labute approximate surface area is 380 Å². The Kier molecular flexibility index (Phi) is 12.5. The molecule has 1 fully saturated rings. The normalized spacial score (nSPS) is 15.6. The SMILES string of the molecule is CC(C)(C)c1cc(C(C)(C)C)c(NC(=O)c2c[nH]c3ccccc3c2=O)cc1O.CC(C)(CO)c1cc2cc(CC(=O)C3(c4ccc5c(c4)OC(F)(F)O5)CC3)c(F)cc2n1C[C@@H](O)CO. The van der Waals surface area contributed by atoms with Crippen molar-refractivity contribution in [1.82, 2.24) is 9.55 Å². The largest absolute Gasteiger partial charge is 0.586 e. The van der Waals surface area contributed by atoms with E-state index >= 15 is 4.39 Å². The second-order valence-electron chi connectivity index (χ2n) is 20.0. The van der Waals surface area contributed by atoms with Crippen molar-refractivity contribution < 1.29 is 52.7 Å². The van der Waals surface area contributed by atoms with Gasteiger partial charge < -0.3 is 44.8 Å². The van der Waals surface area contributed by atoms with Crippen molar-refractivity contribution in [3.05, 3.63) is 129 Å². The number of amides is 1. The Balaban J connectivity index is 0.000000203. The fourth-order valence-electron chi connectivity index (χ4n) is 8.45. The molecular weight excluding hydrogens is 856 g/mol. The van der Waals surface area contributed by atoms with Gasteiger partial charge in [-0.15, -0.1) is 8.78 Å². The van der Waals surface area contributed by atoms with E-state index in [1.165, 1.54) is 24.4 Å². The molecule has 1 saturated carbocycles. The molecule has 6 N–H and O–H groups in total. The number of phenols is 1. The number of aliphatic hydroxyl groups is 3. The van der Waals surface area contributed by atoms with Gasteiger partial charge in [0.2, 0.25) is 5.43 Å². The first-order chi connectivity index (χ1) is 30.8. The molecule has 1 aliphatic carbocycles. The summed E-state index contributed by atoms with van der Waals surface area (Å²) in [6, 6.07) is 19.5.